The van der Waals surface area contributed by atoms with E-state index >= 15 is 0 Å². The van der Waals surface area contributed by atoms with Crippen LogP contribution in [0, 0.1) is 0 Å². The summed E-state index contributed by atoms with van der Waals surface area (Å²) < 4.78 is 1.38. The molecule has 6 nitrogen and oxygen atoms in total. The van der Waals surface area contributed by atoms with Gasteiger partial charge in [-0.15, -0.1) is 5.10 Å². The Morgan fingerprint density at radius 2 is 2.07 bits per heavy atom. The molecule has 0 unspecified atom stereocenters. The van der Waals surface area contributed by atoms with Crippen LogP contribution in [0.25, 0.3) is 0 Å². The molecule has 14 heavy (non-hydrogen) atoms. The zero-order valence-electron chi connectivity index (χ0n) is 7.76. The highest BCUT2D eigenvalue weighted by Gasteiger charge is 2.42. The smallest absolute Gasteiger partial charge is 0.331 e. The van der Waals surface area contributed by atoms with E-state index in [-0.39, 0.29) is 0 Å². The van der Waals surface area contributed by atoms with Crippen LogP contribution in [0.3, 0.4) is 0 Å². The van der Waals surface area contributed by atoms with Gasteiger partial charge in [-0.05, 0) is 23.3 Å². The minimum absolute atomic E-state index is 0.618. The zero-order valence-corrected chi connectivity index (χ0v) is 7.76. The highest BCUT2D eigenvalue weighted by atomic mass is 16.4. The van der Waals surface area contributed by atoms with Crippen LogP contribution in [-0.2, 0) is 10.3 Å². The number of aliphatic carboxylic acids is 1. The molecule has 0 aromatic carbocycles. The molecular weight excluding hydrogens is 184 g/mol. The fraction of sp³-hybridized carbons (Fsp3) is 0.750. The van der Waals surface area contributed by atoms with Crippen molar-refractivity contribution in [2.45, 2.75) is 37.6 Å². The van der Waals surface area contributed by atoms with Gasteiger partial charge < -0.3 is 5.11 Å². The average molecular weight is 196 g/mol. The highest BCUT2D eigenvalue weighted by molar-refractivity contribution is 5.76. The minimum Gasteiger partial charge on any atom is -0.479 e. The van der Waals surface area contributed by atoms with Crippen LogP contribution in [0.5, 0.6) is 0 Å². The first kappa shape index (κ1) is 9.11. The lowest BCUT2D eigenvalue weighted by molar-refractivity contribution is -0.150. The Bertz CT molecular complexity index is 316. The first-order chi connectivity index (χ1) is 6.76. The summed E-state index contributed by atoms with van der Waals surface area (Å²) in [5.41, 5.74) is -0.901. The third-order valence-corrected chi connectivity index (χ3v) is 2.87. The van der Waals surface area contributed by atoms with E-state index in [1.807, 2.05) is 0 Å². The van der Waals surface area contributed by atoms with Crippen molar-refractivity contribution in [2.75, 3.05) is 0 Å². The van der Waals surface area contributed by atoms with Gasteiger partial charge in [0.2, 0.25) is 0 Å². The molecule has 1 aliphatic rings. The summed E-state index contributed by atoms with van der Waals surface area (Å²) >= 11 is 0. The lowest BCUT2D eigenvalue weighted by Crippen LogP contribution is -2.44. The van der Waals surface area contributed by atoms with Gasteiger partial charge >= 0.3 is 5.97 Å². The quantitative estimate of drug-likeness (QED) is 0.741. The number of nitrogens with zero attached hydrogens (tertiary/aromatic N) is 4. The molecule has 0 spiro atoms. The van der Waals surface area contributed by atoms with Gasteiger partial charge in [-0.3, -0.25) is 0 Å². The van der Waals surface area contributed by atoms with Gasteiger partial charge in [-0.2, -0.15) is 0 Å². The van der Waals surface area contributed by atoms with E-state index in [0.717, 1.165) is 19.3 Å². The molecule has 1 saturated carbocycles. The predicted molar refractivity (Wildman–Crippen MR) is 46.5 cm³/mol. The molecule has 0 atom stereocenters. The molecule has 0 bridgehead atoms. The summed E-state index contributed by atoms with van der Waals surface area (Å²) in [5, 5.41) is 19.9. The van der Waals surface area contributed by atoms with E-state index in [2.05, 4.69) is 15.5 Å². The van der Waals surface area contributed by atoms with Crippen LogP contribution >= 0.6 is 0 Å². The summed E-state index contributed by atoms with van der Waals surface area (Å²) in [5.74, 6) is -0.829. The molecule has 1 aromatic rings. The summed E-state index contributed by atoms with van der Waals surface area (Å²) in [7, 11) is 0. The molecular formula is C8H12N4O2. The van der Waals surface area contributed by atoms with Crippen LogP contribution in [-0.4, -0.2) is 31.3 Å². The molecule has 0 radical (unpaired) electrons. The molecule has 0 amide bonds. The Hall–Kier alpha value is -1.46. The molecule has 6 heteroatoms. The normalized spacial score (nSPS) is 20.6. The molecule has 1 fully saturated rings. The Balaban J connectivity index is 2.35. The van der Waals surface area contributed by atoms with Crippen molar-refractivity contribution < 1.29 is 9.90 Å². The number of tetrazole rings is 1. The topological polar surface area (TPSA) is 80.9 Å². The Morgan fingerprint density at radius 1 is 1.36 bits per heavy atom. The number of carbonyl (C=O) groups is 1. The first-order valence-electron chi connectivity index (χ1n) is 4.72. The Morgan fingerprint density at radius 3 is 2.57 bits per heavy atom. The molecule has 76 valence electrons. The van der Waals surface area contributed by atoms with E-state index < -0.39 is 11.5 Å². The van der Waals surface area contributed by atoms with Crippen molar-refractivity contribution in [2.24, 2.45) is 0 Å². The second-order valence-corrected chi connectivity index (χ2v) is 3.65. The van der Waals surface area contributed by atoms with Crippen LogP contribution in [0.15, 0.2) is 6.33 Å². The lowest BCUT2D eigenvalue weighted by atomic mass is 9.82. The molecule has 1 heterocycles. The maximum absolute atomic E-state index is 11.3. The molecule has 2 rings (SSSR count). The third-order valence-electron chi connectivity index (χ3n) is 2.87. The van der Waals surface area contributed by atoms with Crippen molar-refractivity contribution in [1.82, 2.24) is 20.2 Å². The number of carboxylic acid groups (broad SMARTS) is 1. The van der Waals surface area contributed by atoms with E-state index in [1.54, 1.807) is 0 Å². The van der Waals surface area contributed by atoms with Gasteiger partial charge in [0.05, 0.1) is 0 Å². The summed E-state index contributed by atoms with van der Waals surface area (Å²) in [4.78, 5) is 11.3. The number of hydrogen-bond acceptors (Lipinski definition) is 4. The zero-order chi connectivity index (χ0) is 10.0. The summed E-state index contributed by atoms with van der Waals surface area (Å²) in [6, 6.07) is 0. The monoisotopic (exact) mass is 196 g/mol. The predicted octanol–water partition coefficient (Wildman–Crippen LogP) is 0.417. The van der Waals surface area contributed by atoms with Crippen molar-refractivity contribution >= 4 is 5.97 Å². The number of rotatable bonds is 2. The van der Waals surface area contributed by atoms with E-state index in [1.165, 1.54) is 11.0 Å². The van der Waals surface area contributed by atoms with Gasteiger partial charge in [-0.1, -0.05) is 19.3 Å². The number of carboxylic acids is 1. The van der Waals surface area contributed by atoms with Gasteiger partial charge in [0.25, 0.3) is 0 Å². The van der Waals surface area contributed by atoms with Crippen LogP contribution in [0.4, 0.5) is 0 Å². The largest absolute Gasteiger partial charge is 0.479 e. The molecule has 1 aliphatic carbocycles. The average Bonchev–Trinajstić information content (AvgIpc) is 2.72. The van der Waals surface area contributed by atoms with Gasteiger partial charge in [0.1, 0.15) is 6.33 Å². The third kappa shape index (κ3) is 1.26. The first-order valence-corrected chi connectivity index (χ1v) is 4.72. The molecule has 1 aromatic heterocycles. The van der Waals surface area contributed by atoms with E-state index in [4.69, 9.17) is 0 Å². The van der Waals surface area contributed by atoms with Gasteiger partial charge in [0.15, 0.2) is 5.54 Å². The summed E-state index contributed by atoms with van der Waals surface area (Å²) in [6.07, 6.45) is 5.57. The Labute approximate surface area is 80.9 Å². The Kier molecular flexibility index (Phi) is 2.18. The van der Waals surface area contributed by atoms with Crippen molar-refractivity contribution in [3.63, 3.8) is 0 Å². The second kappa shape index (κ2) is 3.36. The van der Waals surface area contributed by atoms with Gasteiger partial charge in [0, 0.05) is 0 Å². The fourth-order valence-corrected chi connectivity index (χ4v) is 2.04. The van der Waals surface area contributed by atoms with E-state index in [0.29, 0.717) is 12.8 Å². The minimum atomic E-state index is -0.901. The number of hydrogen-bond donors (Lipinski definition) is 1. The van der Waals surface area contributed by atoms with Crippen LogP contribution < -0.4 is 0 Å². The van der Waals surface area contributed by atoms with Crippen molar-refractivity contribution in [3.8, 4) is 0 Å². The summed E-state index contributed by atoms with van der Waals surface area (Å²) in [6.45, 7) is 0. The second-order valence-electron chi connectivity index (χ2n) is 3.65. The highest BCUT2D eigenvalue weighted by Crippen LogP contribution is 2.34. The van der Waals surface area contributed by atoms with Crippen LogP contribution in [0.1, 0.15) is 32.1 Å². The van der Waals surface area contributed by atoms with Crippen molar-refractivity contribution in [1.29, 1.82) is 0 Å². The van der Waals surface area contributed by atoms with Crippen molar-refractivity contribution in [3.05, 3.63) is 6.33 Å². The van der Waals surface area contributed by atoms with Gasteiger partial charge in [-0.25, -0.2) is 9.48 Å². The van der Waals surface area contributed by atoms with Crippen LogP contribution in [0.2, 0.25) is 0 Å². The molecule has 0 aliphatic heterocycles. The van der Waals surface area contributed by atoms with E-state index in [9.17, 15) is 9.90 Å². The SMILES string of the molecule is O=C(O)C1(n2cnnn2)CCCCC1. The standard InChI is InChI=1S/C8H12N4O2/c13-7(14)8(4-2-1-3-5-8)12-6-9-10-11-12/h6H,1-5H2,(H,13,14). The fourth-order valence-electron chi connectivity index (χ4n) is 2.04. The maximum Gasteiger partial charge on any atom is 0.331 e. The molecule has 0 saturated heterocycles. The lowest BCUT2D eigenvalue weighted by Gasteiger charge is -2.32. The molecule has 1 N–H and O–H groups in total. The number of aromatic nitrogens is 4. The maximum atomic E-state index is 11.3.